The SMILES string of the molecule is Cc1cc(-n2ccc(C(C)C)n2)c(CN)cn1. The van der Waals surface area contributed by atoms with Crippen molar-refractivity contribution in [1.29, 1.82) is 0 Å². The topological polar surface area (TPSA) is 56.7 Å². The minimum atomic E-state index is 0.431. The highest BCUT2D eigenvalue weighted by Gasteiger charge is 2.08. The maximum Gasteiger partial charge on any atom is 0.0723 e. The van der Waals surface area contributed by atoms with Gasteiger partial charge in [-0.15, -0.1) is 0 Å². The summed E-state index contributed by atoms with van der Waals surface area (Å²) >= 11 is 0. The molecular formula is C13H18N4. The van der Waals surface area contributed by atoms with E-state index in [1.54, 1.807) is 0 Å². The number of nitrogens with two attached hydrogens (primary N) is 1. The van der Waals surface area contributed by atoms with Gasteiger partial charge in [-0.2, -0.15) is 5.10 Å². The van der Waals surface area contributed by atoms with Crippen LogP contribution in [0.4, 0.5) is 0 Å². The Balaban J connectivity index is 2.47. The Morgan fingerprint density at radius 3 is 2.76 bits per heavy atom. The van der Waals surface area contributed by atoms with Gasteiger partial charge < -0.3 is 5.73 Å². The first-order chi connectivity index (χ1) is 8.11. The van der Waals surface area contributed by atoms with E-state index >= 15 is 0 Å². The smallest absolute Gasteiger partial charge is 0.0723 e. The normalized spacial score (nSPS) is 11.1. The van der Waals surface area contributed by atoms with Crippen molar-refractivity contribution in [2.75, 3.05) is 0 Å². The minimum Gasteiger partial charge on any atom is -0.326 e. The molecular weight excluding hydrogens is 212 g/mol. The second kappa shape index (κ2) is 4.67. The number of pyridine rings is 1. The van der Waals surface area contributed by atoms with Gasteiger partial charge in [0.2, 0.25) is 0 Å². The molecule has 0 fully saturated rings. The Kier molecular flexibility index (Phi) is 3.24. The van der Waals surface area contributed by atoms with Crippen LogP contribution in [0.3, 0.4) is 0 Å². The van der Waals surface area contributed by atoms with Gasteiger partial charge in [0.15, 0.2) is 0 Å². The van der Waals surface area contributed by atoms with Gasteiger partial charge in [0.05, 0.1) is 11.4 Å². The van der Waals surface area contributed by atoms with Crippen molar-refractivity contribution in [3.05, 3.63) is 41.5 Å². The first kappa shape index (κ1) is 11.8. The first-order valence-electron chi connectivity index (χ1n) is 5.83. The van der Waals surface area contributed by atoms with Gasteiger partial charge in [-0.3, -0.25) is 4.98 Å². The molecule has 0 amide bonds. The Morgan fingerprint density at radius 1 is 1.41 bits per heavy atom. The molecule has 17 heavy (non-hydrogen) atoms. The summed E-state index contributed by atoms with van der Waals surface area (Å²) in [6.07, 6.45) is 3.80. The molecule has 0 spiro atoms. The summed E-state index contributed by atoms with van der Waals surface area (Å²) in [7, 11) is 0. The number of aryl methyl sites for hydroxylation is 1. The van der Waals surface area contributed by atoms with Gasteiger partial charge in [0.1, 0.15) is 0 Å². The molecule has 0 aromatic carbocycles. The van der Waals surface area contributed by atoms with Gasteiger partial charge >= 0.3 is 0 Å². The van der Waals surface area contributed by atoms with E-state index in [1.807, 2.05) is 36.1 Å². The molecule has 2 rings (SSSR count). The minimum absolute atomic E-state index is 0.431. The van der Waals surface area contributed by atoms with Crippen molar-refractivity contribution in [3.63, 3.8) is 0 Å². The van der Waals surface area contributed by atoms with Crippen LogP contribution in [-0.2, 0) is 6.54 Å². The van der Waals surface area contributed by atoms with Crippen LogP contribution in [0, 0.1) is 6.92 Å². The number of aromatic nitrogens is 3. The summed E-state index contributed by atoms with van der Waals surface area (Å²) < 4.78 is 1.88. The highest BCUT2D eigenvalue weighted by molar-refractivity contribution is 5.40. The highest BCUT2D eigenvalue weighted by atomic mass is 15.3. The molecule has 0 aliphatic rings. The first-order valence-corrected chi connectivity index (χ1v) is 5.83. The zero-order valence-electron chi connectivity index (χ0n) is 10.5. The number of hydrogen-bond donors (Lipinski definition) is 1. The van der Waals surface area contributed by atoms with Crippen LogP contribution >= 0.6 is 0 Å². The summed E-state index contributed by atoms with van der Waals surface area (Å²) in [5.74, 6) is 0.431. The molecule has 0 bridgehead atoms. The van der Waals surface area contributed by atoms with Crippen LogP contribution in [0.15, 0.2) is 24.5 Å². The fourth-order valence-electron chi connectivity index (χ4n) is 1.72. The molecule has 2 aromatic heterocycles. The molecule has 0 unspecified atom stereocenters. The highest BCUT2D eigenvalue weighted by Crippen LogP contribution is 2.17. The monoisotopic (exact) mass is 230 g/mol. The molecule has 0 radical (unpaired) electrons. The lowest BCUT2D eigenvalue weighted by Gasteiger charge is -2.08. The van der Waals surface area contributed by atoms with Crippen LogP contribution in [0.5, 0.6) is 0 Å². The molecule has 0 aliphatic heterocycles. The summed E-state index contributed by atoms with van der Waals surface area (Å²) in [6.45, 7) is 6.71. The fourth-order valence-corrected chi connectivity index (χ4v) is 1.72. The van der Waals surface area contributed by atoms with Crippen LogP contribution < -0.4 is 5.73 Å². The average molecular weight is 230 g/mol. The van der Waals surface area contributed by atoms with Crippen LogP contribution in [-0.4, -0.2) is 14.8 Å². The van der Waals surface area contributed by atoms with Crippen LogP contribution in [0.1, 0.15) is 36.7 Å². The van der Waals surface area contributed by atoms with Crippen molar-refractivity contribution >= 4 is 0 Å². The van der Waals surface area contributed by atoms with E-state index in [1.165, 1.54) is 0 Å². The maximum absolute atomic E-state index is 5.72. The fraction of sp³-hybridized carbons (Fsp3) is 0.385. The van der Waals surface area contributed by atoms with Crippen molar-refractivity contribution in [2.45, 2.75) is 33.2 Å². The zero-order chi connectivity index (χ0) is 12.4. The Hall–Kier alpha value is -1.68. The lowest BCUT2D eigenvalue weighted by Crippen LogP contribution is -2.07. The summed E-state index contributed by atoms with van der Waals surface area (Å²) in [5, 5.41) is 4.56. The molecule has 2 N–H and O–H groups in total. The van der Waals surface area contributed by atoms with Gasteiger partial charge in [-0.05, 0) is 25.0 Å². The quantitative estimate of drug-likeness (QED) is 0.879. The van der Waals surface area contributed by atoms with E-state index in [-0.39, 0.29) is 0 Å². The van der Waals surface area contributed by atoms with Crippen LogP contribution in [0.25, 0.3) is 5.69 Å². The number of nitrogens with zero attached hydrogens (tertiary/aromatic N) is 3. The van der Waals surface area contributed by atoms with Crippen molar-refractivity contribution in [2.24, 2.45) is 5.73 Å². The summed E-state index contributed by atoms with van der Waals surface area (Å²) in [4.78, 5) is 4.26. The average Bonchev–Trinajstić information content (AvgIpc) is 2.78. The molecule has 0 saturated carbocycles. The van der Waals surface area contributed by atoms with E-state index < -0.39 is 0 Å². The van der Waals surface area contributed by atoms with E-state index in [0.29, 0.717) is 12.5 Å². The lowest BCUT2D eigenvalue weighted by molar-refractivity contribution is 0.761. The van der Waals surface area contributed by atoms with Crippen LogP contribution in [0.2, 0.25) is 0 Å². The maximum atomic E-state index is 5.72. The predicted molar refractivity (Wildman–Crippen MR) is 68.1 cm³/mol. The largest absolute Gasteiger partial charge is 0.326 e. The van der Waals surface area contributed by atoms with Crippen molar-refractivity contribution in [1.82, 2.24) is 14.8 Å². The molecule has 4 nitrogen and oxygen atoms in total. The molecule has 0 saturated heterocycles. The second-order valence-electron chi connectivity index (χ2n) is 4.50. The Morgan fingerprint density at radius 2 is 2.18 bits per heavy atom. The van der Waals surface area contributed by atoms with E-state index in [9.17, 15) is 0 Å². The Bertz CT molecular complexity index is 514. The summed E-state index contributed by atoms with van der Waals surface area (Å²) in [6, 6.07) is 4.06. The third-order valence-corrected chi connectivity index (χ3v) is 2.77. The predicted octanol–water partition coefficient (Wildman–Crippen LogP) is 2.16. The standard InChI is InChI=1S/C13H18N4/c1-9(2)12-4-5-17(16-12)13-6-10(3)15-8-11(13)7-14/h4-6,8-9H,7,14H2,1-3H3. The third-order valence-electron chi connectivity index (χ3n) is 2.77. The van der Waals surface area contributed by atoms with Crippen molar-refractivity contribution < 1.29 is 0 Å². The van der Waals surface area contributed by atoms with Gasteiger partial charge in [-0.1, -0.05) is 13.8 Å². The zero-order valence-corrected chi connectivity index (χ0v) is 10.5. The molecule has 4 heteroatoms. The third kappa shape index (κ3) is 2.36. The molecule has 0 atom stereocenters. The van der Waals surface area contributed by atoms with E-state index in [0.717, 1.165) is 22.6 Å². The van der Waals surface area contributed by atoms with Gasteiger partial charge in [-0.25, -0.2) is 4.68 Å². The summed E-state index contributed by atoms with van der Waals surface area (Å²) in [5.41, 5.74) is 9.81. The van der Waals surface area contributed by atoms with Gasteiger partial charge in [0.25, 0.3) is 0 Å². The van der Waals surface area contributed by atoms with Gasteiger partial charge in [0, 0.05) is 30.2 Å². The number of rotatable bonds is 3. The second-order valence-corrected chi connectivity index (χ2v) is 4.50. The molecule has 0 aliphatic carbocycles. The molecule has 2 heterocycles. The van der Waals surface area contributed by atoms with E-state index in [2.05, 4.69) is 23.9 Å². The molecule has 90 valence electrons. The lowest BCUT2D eigenvalue weighted by atomic mass is 10.1. The number of hydrogen-bond acceptors (Lipinski definition) is 3. The molecule has 2 aromatic rings. The van der Waals surface area contributed by atoms with E-state index in [4.69, 9.17) is 5.73 Å². The van der Waals surface area contributed by atoms with Crippen molar-refractivity contribution in [3.8, 4) is 5.69 Å². The Labute approximate surface area is 101 Å².